The zero-order valence-corrected chi connectivity index (χ0v) is 18.5. The summed E-state index contributed by atoms with van der Waals surface area (Å²) in [6.45, 7) is 6.41. The molecule has 0 aromatic heterocycles. The van der Waals surface area contributed by atoms with Gasteiger partial charge in [-0.05, 0) is 42.1 Å². The van der Waals surface area contributed by atoms with E-state index in [-0.39, 0.29) is 0 Å². The summed E-state index contributed by atoms with van der Waals surface area (Å²) in [5, 5.41) is 6.97. The summed E-state index contributed by atoms with van der Waals surface area (Å²) in [5.41, 5.74) is 4.17. The van der Waals surface area contributed by atoms with Crippen molar-refractivity contribution in [1.82, 2.24) is 0 Å². The molecule has 0 aliphatic carbocycles. The van der Waals surface area contributed by atoms with Crippen LogP contribution in [0.25, 0.3) is 0 Å². The Hall–Kier alpha value is -1.47. The van der Waals surface area contributed by atoms with E-state index in [0.717, 1.165) is 22.5 Å². The maximum absolute atomic E-state index is 5.84. The molecule has 1 aliphatic heterocycles. The van der Waals surface area contributed by atoms with Gasteiger partial charge in [-0.1, -0.05) is 36.1 Å². The van der Waals surface area contributed by atoms with Crippen molar-refractivity contribution in [2.45, 2.75) is 13.2 Å². The molecule has 8 heteroatoms. The fourth-order valence-corrected chi connectivity index (χ4v) is 4.87. The maximum atomic E-state index is 5.84. The van der Waals surface area contributed by atoms with Crippen LogP contribution in [0.3, 0.4) is 0 Å². The van der Waals surface area contributed by atoms with Gasteiger partial charge < -0.3 is 29.1 Å². The number of benzene rings is 2. The summed E-state index contributed by atoms with van der Waals surface area (Å²) in [5.74, 6) is 0. The van der Waals surface area contributed by atoms with Gasteiger partial charge >= 0.3 is 0 Å². The molecule has 2 aromatic carbocycles. The normalized spacial score (nSPS) is 19.2. The van der Waals surface area contributed by atoms with E-state index in [1.807, 2.05) is 43.1 Å². The third-order valence-corrected chi connectivity index (χ3v) is 6.11. The molecule has 0 saturated carbocycles. The molecule has 6 nitrogen and oxygen atoms in total. The summed E-state index contributed by atoms with van der Waals surface area (Å²) in [6, 6.07) is 16.3. The highest BCUT2D eigenvalue weighted by atomic mass is 32.4. The van der Waals surface area contributed by atoms with Crippen molar-refractivity contribution in [3.63, 3.8) is 0 Å². The van der Waals surface area contributed by atoms with Crippen LogP contribution >= 0.6 is 6.34 Å². The van der Waals surface area contributed by atoms with E-state index >= 15 is 0 Å². The SMILES string of the molecule is CP1(=S)Nc2cccc(c2)COCCOCCOCCOCc2cccc(c2)N1. The number of ether oxygens (including phenoxy) is 4. The van der Waals surface area contributed by atoms with Crippen molar-refractivity contribution in [1.29, 1.82) is 0 Å². The molecular formula is C21H29N2O4PS. The molecule has 0 amide bonds. The Morgan fingerprint density at radius 3 is 1.55 bits per heavy atom. The summed E-state index contributed by atoms with van der Waals surface area (Å²) < 4.78 is 22.5. The molecule has 0 saturated heterocycles. The first-order valence-electron chi connectivity index (χ1n) is 9.74. The second-order valence-electron chi connectivity index (χ2n) is 6.88. The minimum Gasteiger partial charge on any atom is -0.377 e. The largest absolute Gasteiger partial charge is 0.377 e. The molecule has 0 atom stereocenters. The van der Waals surface area contributed by atoms with Crippen molar-refractivity contribution < 1.29 is 18.9 Å². The molecule has 4 bridgehead atoms. The Kier molecular flexibility index (Phi) is 8.92. The maximum Gasteiger partial charge on any atom is 0.116 e. The molecule has 0 fully saturated rings. The Morgan fingerprint density at radius 1 is 0.690 bits per heavy atom. The highest BCUT2D eigenvalue weighted by molar-refractivity contribution is 8.15. The number of hydrogen-bond donors (Lipinski definition) is 2. The molecule has 2 aromatic rings. The van der Waals surface area contributed by atoms with Crippen LogP contribution in [0.1, 0.15) is 11.1 Å². The van der Waals surface area contributed by atoms with E-state index in [0.29, 0.717) is 52.9 Å². The van der Waals surface area contributed by atoms with Crippen LogP contribution in [0.5, 0.6) is 0 Å². The van der Waals surface area contributed by atoms with Crippen molar-refractivity contribution in [2.75, 3.05) is 56.5 Å². The van der Waals surface area contributed by atoms with Gasteiger partial charge in [0, 0.05) is 11.4 Å². The van der Waals surface area contributed by atoms with E-state index < -0.39 is 6.34 Å². The Balaban J connectivity index is 1.69. The highest BCUT2D eigenvalue weighted by Crippen LogP contribution is 2.42. The van der Waals surface area contributed by atoms with Crippen molar-refractivity contribution in [3.8, 4) is 0 Å². The smallest absolute Gasteiger partial charge is 0.116 e. The lowest BCUT2D eigenvalue weighted by Gasteiger charge is -2.23. The van der Waals surface area contributed by atoms with Crippen LogP contribution in [0.4, 0.5) is 11.4 Å². The first-order valence-corrected chi connectivity index (χ1v) is 13.0. The summed E-state index contributed by atoms with van der Waals surface area (Å²) in [6.07, 6.45) is -2.03. The van der Waals surface area contributed by atoms with Crippen LogP contribution in [0.15, 0.2) is 48.5 Å². The summed E-state index contributed by atoms with van der Waals surface area (Å²) in [7, 11) is 0. The van der Waals surface area contributed by atoms with Gasteiger partial charge in [-0.2, -0.15) is 0 Å². The Bertz CT molecular complexity index is 757. The summed E-state index contributed by atoms with van der Waals surface area (Å²) in [4.78, 5) is 0. The van der Waals surface area contributed by atoms with E-state index in [4.69, 9.17) is 30.8 Å². The van der Waals surface area contributed by atoms with Crippen LogP contribution in [0, 0.1) is 0 Å². The van der Waals surface area contributed by atoms with E-state index in [1.54, 1.807) is 0 Å². The monoisotopic (exact) mass is 436 g/mol. The molecule has 158 valence electrons. The molecule has 0 unspecified atom stereocenters. The molecule has 0 radical (unpaired) electrons. The van der Waals surface area contributed by atoms with Crippen LogP contribution in [-0.2, 0) is 44.0 Å². The standard InChI is InChI=1S/C21H29N2O4PS/c1-28(29)22-20-6-2-4-18(14-20)16-26-12-10-24-8-9-25-11-13-27-17-19-5-3-7-21(15-19)23-28/h2-7,14-15H,8-13,16-17H2,1H3,(H2,22,23,29). The lowest BCUT2D eigenvalue weighted by molar-refractivity contribution is -0.00617. The zero-order chi connectivity index (χ0) is 20.4. The number of hydrogen-bond acceptors (Lipinski definition) is 5. The Labute approximate surface area is 178 Å². The average Bonchev–Trinajstić information content (AvgIpc) is 2.68. The minimum absolute atomic E-state index is 0.536. The zero-order valence-electron chi connectivity index (χ0n) is 16.8. The van der Waals surface area contributed by atoms with Crippen LogP contribution in [-0.4, -0.2) is 46.3 Å². The summed E-state index contributed by atoms with van der Waals surface area (Å²) >= 11 is 5.84. The van der Waals surface area contributed by atoms with E-state index in [9.17, 15) is 0 Å². The fraction of sp³-hybridized carbons (Fsp3) is 0.429. The van der Waals surface area contributed by atoms with Crippen molar-refractivity contribution in [2.24, 2.45) is 0 Å². The number of nitrogens with one attached hydrogen (secondary N) is 2. The molecular weight excluding hydrogens is 407 g/mol. The first-order chi connectivity index (χ1) is 14.1. The van der Waals surface area contributed by atoms with Crippen molar-refractivity contribution in [3.05, 3.63) is 59.7 Å². The van der Waals surface area contributed by atoms with E-state index in [1.165, 1.54) is 0 Å². The molecule has 29 heavy (non-hydrogen) atoms. The van der Waals surface area contributed by atoms with Crippen LogP contribution in [0.2, 0.25) is 0 Å². The average molecular weight is 437 g/mol. The fourth-order valence-electron chi connectivity index (χ4n) is 2.92. The lowest BCUT2D eigenvalue weighted by atomic mass is 10.2. The molecule has 3 rings (SSSR count). The molecule has 1 heterocycles. The predicted molar refractivity (Wildman–Crippen MR) is 121 cm³/mol. The number of anilines is 2. The molecule has 0 spiro atoms. The topological polar surface area (TPSA) is 61.0 Å². The van der Waals surface area contributed by atoms with Gasteiger partial charge in [0.25, 0.3) is 0 Å². The number of fused-ring (bicyclic) bond motifs is 4. The third-order valence-electron chi connectivity index (χ3n) is 4.19. The molecule has 2 N–H and O–H groups in total. The van der Waals surface area contributed by atoms with Gasteiger partial charge in [-0.3, -0.25) is 0 Å². The highest BCUT2D eigenvalue weighted by Gasteiger charge is 2.11. The van der Waals surface area contributed by atoms with Gasteiger partial charge in [0.05, 0.1) is 52.9 Å². The second kappa shape index (κ2) is 11.6. The van der Waals surface area contributed by atoms with Crippen molar-refractivity contribution >= 4 is 29.5 Å². The van der Waals surface area contributed by atoms with Crippen LogP contribution < -0.4 is 10.2 Å². The van der Waals surface area contributed by atoms with Gasteiger partial charge in [-0.15, -0.1) is 0 Å². The number of rotatable bonds is 0. The van der Waals surface area contributed by atoms with Gasteiger partial charge in [-0.25, -0.2) is 0 Å². The second-order valence-corrected chi connectivity index (χ2v) is 11.4. The van der Waals surface area contributed by atoms with Gasteiger partial charge in [0.2, 0.25) is 0 Å². The van der Waals surface area contributed by atoms with Gasteiger partial charge in [0.1, 0.15) is 6.34 Å². The predicted octanol–water partition coefficient (Wildman–Crippen LogP) is 4.23. The van der Waals surface area contributed by atoms with E-state index in [2.05, 4.69) is 22.3 Å². The molecule has 1 aliphatic rings. The quantitative estimate of drug-likeness (QED) is 0.600. The third kappa shape index (κ3) is 8.42. The first kappa shape index (κ1) is 22.2. The minimum atomic E-state index is -2.03. The lowest BCUT2D eigenvalue weighted by Crippen LogP contribution is -2.11. The van der Waals surface area contributed by atoms with Gasteiger partial charge in [0.15, 0.2) is 0 Å². The Morgan fingerprint density at radius 2 is 1.10 bits per heavy atom.